The van der Waals surface area contributed by atoms with Crippen LogP contribution in [0.5, 0.6) is 0 Å². The molecule has 5 nitrogen and oxygen atoms in total. The molecule has 0 atom stereocenters. The molecule has 0 bridgehead atoms. The number of halogens is 1. The summed E-state index contributed by atoms with van der Waals surface area (Å²) in [4.78, 5) is 12.3. The Labute approximate surface area is 172 Å². The third-order valence-electron chi connectivity index (χ3n) is 4.66. The Morgan fingerprint density at radius 3 is 2.63 bits per heavy atom. The van der Waals surface area contributed by atoms with Crippen molar-refractivity contribution >= 4 is 45.0 Å². The number of nitrogens with one attached hydrogen (secondary N) is 1. The van der Waals surface area contributed by atoms with E-state index in [1.807, 2.05) is 11.8 Å². The third-order valence-corrected chi connectivity index (χ3v) is 7.49. The molecule has 1 saturated carbocycles. The van der Waals surface area contributed by atoms with Crippen molar-refractivity contribution in [2.24, 2.45) is 0 Å². The van der Waals surface area contributed by atoms with E-state index in [2.05, 4.69) is 5.32 Å². The molecule has 0 spiro atoms. The molecule has 27 heavy (non-hydrogen) atoms. The van der Waals surface area contributed by atoms with Gasteiger partial charge in [-0.15, -0.1) is 0 Å². The molecule has 1 aliphatic carbocycles. The highest BCUT2D eigenvalue weighted by molar-refractivity contribution is 7.99. The van der Waals surface area contributed by atoms with Gasteiger partial charge in [-0.25, -0.2) is 8.42 Å². The summed E-state index contributed by atoms with van der Waals surface area (Å²) in [6, 6.07) is 4.95. The Balaban J connectivity index is 1.81. The minimum absolute atomic E-state index is 0.225. The number of carbonyl (C=O) groups is 1. The molecule has 1 aliphatic rings. The molecule has 1 amide bonds. The fraction of sp³-hybridized carbons (Fsp3) is 0.632. The van der Waals surface area contributed by atoms with Gasteiger partial charge < -0.3 is 5.32 Å². The van der Waals surface area contributed by atoms with Crippen LogP contribution in [0.3, 0.4) is 0 Å². The summed E-state index contributed by atoms with van der Waals surface area (Å²) in [6.07, 6.45) is 8.64. The van der Waals surface area contributed by atoms with Crippen molar-refractivity contribution in [1.29, 1.82) is 0 Å². The maximum Gasteiger partial charge on any atom is 0.240 e. The Kier molecular flexibility index (Phi) is 8.76. The van der Waals surface area contributed by atoms with Gasteiger partial charge in [0.05, 0.1) is 11.9 Å². The van der Waals surface area contributed by atoms with Gasteiger partial charge in [0.2, 0.25) is 15.9 Å². The van der Waals surface area contributed by atoms with E-state index in [1.54, 1.807) is 25.1 Å². The van der Waals surface area contributed by atoms with Gasteiger partial charge in [-0.2, -0.15) is 11.8 Å². The molecule has 0 radical (unpaired) electrons. The van der Waals surface area contributed by atoms with Gasteiger partial charge in [-0.1, -0.05) is 30.9 Å². The van der Waals surface area contributed by atoms with Crippen LogP contribution in [0.15, 0.2) is 18.2 Å². The molecule has 8 heteroatoms. The van der Waals surface area contributed by atoms with Crippen LogP contribution in [0.2, 0.25) is 5.02 Å². The first-order valence-corrected chi connectivity index (χ1v) is 12.7. The summed E-state index contributed by atoms with van der Waals surface area (Å²) < 4.78 is 25.5. The van der Waals surface area contributed by atoms with Crippen molar-refractivity contribution in [3.05, 3.63) is 28.8 Å². The molecule has 0 unspecified atom stereocenters. The number of anilines is 1. The van der Waals surface area contributed by atoms with Gasteiger partial charge in [0.25, 0.3) is 0 Å². The molecule has 1 fully saturated rings. The average molecular weight is 433 g/mol. The quantitative estimate of drug-likeness (QED) is 0.599. The number of amides is 1. The number of carbonyl (C=O) groups excluding carboxylic acids is 1. The molecular weight excluding hydrogens is 404 g/mol. The molecule has 0 heterocycles. The second-order valence-corrected chi connectivity index (χ2v) is 10.8. The lowest BCUT2D eigenvalue weighted by Gasteiger charge is -2.24. The number of rotatable bonds is 9. The zero-order valence-electron chi connectivity index (χ0n) is 16.0. The molecule has 1 aromatic rings. The Morgan fingerprint density at radius 1 is 1.30 bits per heavy atom. The van der Waals surface area contributed by atoms with E-state index in [4.69, 9.17) is 11.6 Å². The highest BCUT2D eigenvalue weighted by Gasteiger charge is 2.22. The van der Waals surface area contributed by atoms with E-state index in [0.717, 1.165) is 28.0 Å². The summed E-state index contributed by atoms with van der Waals surface area (Å²) in [7, 11) is -3.57. The van der Waals surface area contributed by atoms with Crippen LogP contribution in [0, 0.1) is 6.92 Å². The van der Waals surface area contributed by atoms with E-state index < -0.39 is 10.0 Å². The molecule has 2 rings (SSSR count). The van der Waals surface area contributed by atoms with E-state index in [-0.39, 0.29) is 12.5 Å². The summed E-state index contributed by atoms with van der Waals surface area (Å²) in [5.74, 6) is 0.731. The van der Waals surface area contributed by atoms with Crippen LogP contribution < -0.4 is 9.62 Å². The lowest BCUT2D eigenvalue weighted by atomic mass is 10.0. The maximum absolute atomic E-state index is 12.3. The van der Waals surface area contributed by atoms with Crippen molar-refractivity contribution in [3.8, 4) is 0 Å². The number of thioether (sulfide) groups is 1. The Morgan fingerprint density at radius 2 is 2.00 bits per heavy atom. The molecule has 1 N–H and O–H groups in total. The summed E-state index contributed by atoms with van der Waals surface area (Å²) in [6.45, 7) is 2.12. The van der Waals surface area contributed by atoms with Crippen molar-refractivity contribution in [2.45, 2.75) is 50.7 Å². The molecule has 1 aromatic carbocycles. The van der Waals surface area contributed by atoms with E-state index in [1.165, 1.54) is 32.1 Å². The smallest absolute Gasteiger partial charge is 0.240 e. The predicted molar refractivity (Wildman–Crippen MR) is 115 cm³/mol. The van der Waals surface area contributed by atoms with Gasteiger partial charge in [0.15, 0.2) is 0 Å². The van der Waals surface area contributed by atoms with Crippen LogP contribution >= 0.6 is 23.4 Å². The number of aryl methyl sites for hydroxylation is 1. The van der Waals surface area contributed by atoms with Crippen molar-refractivity contribution in [2.75, 3.05) is 29.4 Å². The van der Waals surface area contributed by atoms with Gasteiger partial charge >= 0.3 is 0 Å². The van der Waals surface area contributed by atoms with Gasteiger partial charge in [0.1, 0.15) is 6.54 Å². The van der Waals surface area contributed by atoms with Crippen molar-refractivity contribution < 1.29 is 13.2 Å². The van der Waals surface area contributed by atoms with Crippen LogP contribution in [0.1, 0.15) is 44.1 Å². The number of benzene rings is 1. The van der Waals surface area contributed by atoms with Gasteiger partial charge in [0, 0.05) is 16.8 Å². The van der Waals surface area contributed by atoms with Gasteiger partial charge in [-0.3, -0.25) is 9.10 Å². The van der Waals surface area contributed by atoms with Crippen LogP contribution in [-0.2, 0) is 14.8 Å². The normalized spacial score (nSPS) is 15.5. The lowest BCUT2D eigenvalue weighted by molar-refractivity contribution is -0.119. The first-order valence-electron chi connectivity index (χ1n) is 9.39. The first-order chi connectivity index (χ1) is 12.8. The zero-order chi connectivity index (χ0) is 19.9. The molecule has 0 aromatic heterocycles. The highest BCUT2D eigenvalue weighted by Crippen LogP contribution is 2.28. The standard InChI is InChI=1S/C19H29ClN2O3S2/c1-15-13-16(20)9-10-18(15)22(27(2,24)25)14-19(23)21-11-6-12-26-17-7-4-3-5-8-17/h9-10,13,17H,3-8,11-12,14H2,1-2H3,(H,21,23). The van der Waals surface area contributed by atoms with E-state index >= 15 is 0 Å². The zero-order valence-corrected chi connectivity index (χ0v) is 18.4. The fourth-order valence-electron chi connectivity index (χ4n) is 3.25. The second kappa shape index (κ2) is 10.6. The minimum Gasteiger partial charge on any atom is -0.354 e. The van der Waals surface area contributed by atoms with E-state index in [0.29, 0.717) is 22.8 Å². The molecule has 0 saturated heterocycles. The first kappa shape index (κ1) is 22.4. The monoisotopic (exact) mass is 432 g/mol. The van der Waals surface area contributed by atoms with Crippen molar-refractivity contribution in [1.82, 2.24) is 5.32 Å². The maximum atomic E-state index is 12.3. The fourth-order valence-corrected chi connectivity index (χ4v) is 5.70. The topological polar surface area (TPSA) is 66.5 Å². The summed E-state index contributed by atoms with van der Waals surface area (Å²) in [5, 5.41) is 4.14. The Hall–Kier alpha value is -0.920. The third kappa shape index (κ3) is 7.54. The van der Waals surface area contributed by atoms with Crippen molar-refractivity contribution in [3.63, 3.8) is 0 Å². The largest absolute Gasteiger partial charge is 0.354 e. The lowest BCUT2D eigenvalue weighted by Crippen LogP contribution is -2.41. The number of sulfonamides is 1. The van der Waals surface area contributed by atoms with E-state index in [9.17, 15) is 13.2 Å². The predicted octanol–water partition coefficient (Wildman–Crippen LogP) is 3.99. The molecular formula is C19H29ClN2O3S2. The van der Waals surface area contributed by atoms with Gasteiger partial charge in [-0.05, 0) is 55.7 Å². The number of hydrogen-bond acceptors (Lipinski definition) is 4. The second-order valence-electron chi connectivity index (χ2n) is 7.03. The van der Waals surface area contributed by atoms with Crippen LogP contribution in [0.25, 0.3) is 0 Å². The van der Waals surface area contributed by atoms with Crippen LogP contribution in [-0.4, -0.2) is 44.7 Å². The van der Waals surface area contributed by atoms with Crippen LogP contribution in [0.4, 0.5) is 5.69 Å². The number of hydrogen-bond donors (Lipinski definition) is 1. The molecule has 0 aliphatic heterocycles. The number of nitrogens with zero attached hydrogens (tertiary/aromatic N) is 1. The summed E-state index contributed by atoms with van der Waals surface area (Å²) in [5.41, 5.74) is 1.19. The SMILES string of the molecule is Cc1cc(Cl)ccc1N(CC(=O)NCCCSC1CCCCC1)S(C)(=O)=O. The highest BCUT2D eigenvalue weighted by atomic mass is 35.5. The minimum atomic E-state index is -3.57. The Bertz CT molecular complexity index is 734. The summed E-state index contributed by atoms with van der Waals surface area (Å²) >= 11 is 7.94. The molecule has 152 valence electrons. The average Bonchev–Trinajstić information content (AvgIpc) is 2.60.